The number of nitrogens with one attached hydrogen (secondary N) is 1. The smallest absolute Gasteiger partial charge is 0.257 e. The molecule has 1 aliphatic carbocycles. The molecule has 5 nitrogen and oxygen atoms in total. The number of aliphatic hydroxyl groups excluding tert-OH is 1. The first kappa shape index (κ1) is 19.1. The number of halogens is 1. The van der Waals surface area contributed by atoms with Crippen LogP contribution in [-0.4, -0.2) is 23.2 Å². The molecule has 0 aliphatic heterocycles. The van der Waals surface area contributed by atoms with Gasteiger partial charge in [0.15, 0.2) is 0 Å². The largest absolute Gasteiger partial charge is 0.488 e. The first-order valence-corrected chi connectivity index (χ1v) is 8.24. The first-order chi connectivity index (χ1) is 11.6. The number of carbonyl (C=O) groups excluding carboxylic acids is 1. The lowest BCUT2D eigenvalue weighted by Gasteiger charge is -2.28. The first-order valence-electron chi connectivity index (χ1n) is 8.24. The SMILES string of the molecule is Cl.Nc1ccccc1C(=O)Nc1ccc(OC2CCCCC2O)cc1. The van der Waals surface area contributed by atoms with E-state index in [0.717, 1.165) is 25.7 Å². The van der Waals surface area contributed by atoms with E-state index in [9.17, 15) is 9.90 Å². The summed E-state index contributed by atoms with van der Waals surface area (Å²) in [5.41, 5.74) is 7.37. The van der Waals surface area contributed by atoms with Crippen molar-refractivity contribution in [3.63, 3.8) is 0 Å². The summed E-state index contributed by atoms with van der Waals surface area (Å²) in [5, 5.41) is 12.8. The number of hydrogen-bond donors (Lipinski definition) is 3. The minimum atomic E-state index is -0.404. The van der Waals surface area contributed by atoms with Crippen LogP contribution in [0.1, 0.15) is 36.0 Å². The second-order valence-electron chi connectivity index (χ2n) is 6.07. The number of aliphatic hydroxyl groups is 1. The van der Waals surface area contributed by atoms with Gasteiger partial charge >= 0.3 is 0 Å². The van der Waals surface area contributed by atoms with Crippen molar-refractivity contribution in [2.75, 3.05) is 11.1 Å². The second kappa shape index (κ2) is 8.74. The summed E-state index contributed by atoms with van der Waals surface area (Å²) in [6.45, 7) is 0. The zero-order valence-corrected chi connectivity index (χ0v) is 14.7. The van der Waals surface area contributed by atoms with Crippen molar-refractivity contribution in [3.05, 3.63) is 54.1 Å². The average Bonchev–Trinajstić information content (AvgIpc) is 2.59. The molecule has 0 aromatic heterocycles. The van der Waals surface area contributed by atoms with E-state index < -0.39 is 6.10 Å². The fourth-order valence-corrected chi connectivity index (χ4v) is 2.91. The molecule has 1 saturated carbocycles. The summed E-state index contributed by atoms with van der Waals surface area (Å²) in [6.07, 6.45) is 3.23. The van der Waals surface area contributed by atoms with Crippen molar-refractivity contribution in [1.82, 2.24) is 0 Å². The molecule has 3 rings (SSSR count). The fourth-order valence-electron chi connectivity index (χ4n) is 2.91. The van der Waals surface area contributed by atoms with E-state index in [4.69, 9.17) is 10.5 Å². The minimum Gasteiger partial charge on any atom is -0.488 e. The molecule has 25 heavy (non-hydrogen) atoms. The number of nitrogens with two attached hydrogens (primary N) is 1. The standard InChI is InChI=1S/C19H22N2O3.ClH/c20-16-6-2-1-5-15(16)19(23)21-13-9-11-14(12-10-13)24-18-8-4-3-7-17(18)22;/h1-2,5-6,9-12,17-18,22H,3-4,7-8,20H2,(H,21,23);1H. The van der Waals surface area contributed by atoms with E-state index in [1.807, 2.05) is 0 Å². The van der Waals surface area contributed by atoms with E-state index in [1.54, 1.807) is 48.5 Å². The summed E-state index contributed by atoms with van der Waals surface area (Å²) >= 11 is 0. The summed E-state index contributed by atoms with van der Waals surface area (Å²) in [6, 6.07) is 14.1. The fraction of sp³-hybridized carbons (Fsp3) is 0.316. The Labute approximate surface area is 153 Å². The average molecular weight is 363 g/mol. The molecule has 4 N–H and O–H groups in total. The third-order valence-corrected chi connectivity index (χ3v) is 4.27. The van der Waals surface area contributed by atoms with Crippen molar-refractivity contribution in [2.45, 2.75) is 37.9 Å². The number of ether oxygens (including phenoxy) is 1. The topological polar surface area (TPSA) is 84.6 Å². The maximum atomic E-state index is 12.2. The summed E-state index contributed by atoms with van der Waals surface area (Å²) in [5.74, 6) is 0.447. The zero-order chi connectivity index (χ0) is 16.9. The van der Waals surface area contributed by atoms with Crippen molar-refractivity contribution >= 4 is 29.7 Å². The van der Waals surface area contributed by atoms with Gasteiger partial charge in [0.25, 0.3) is 5.91 Å². The maximum absolute atomic E-state index is 12.2. The van der Waals surface area contributed by atoms with Gasteiger partial charge in [0.2, 0.25) is 0 Å². The highest BCUT2D eigenvalue weighted by Crippen LogP contribution is 2.25. The molecule has 0 heterocycles. The number of anilines is 2. The highest BCUT2D eigenvalue weighted by Gasteiger charge is 2.24. The lowest BCUT2D eigenvalue weighted by Crippen LogP contribution is -2.34. The summed E-state index contributed by atoms with van der Waals surface area (Å²) < 4.78 is 5.85. The van der Waals surface area contributed by atoms with Crippen molar-refractivity contribution in [3.8, 4) is 5.75 Å². The Bertz CT molecular complexity index is 706. The van der Waals surface area contributed by atoms with Gasteiger partial charge in [0.05, 0.1) is 11.7 Å². The highest BCUT2D eigenvalue weighted by atomic mass is 35.5. The van der Waals surface area contributed by atoms with Crippen LogP contribution in [0, 0.1) is 0 Å². The Morgan fingerprint density at radius 3 is 2.44 bits per heavy atom. The molecular weight excluding hydrogens is 340 g/mol. The Hall–Kier alpha value is -2.24. The molecule has 2 unspecified atom stereocenters. The molecule has 1 amide bonds. The van der Waals surface area contributed by atoms with Crippen LogP contribution in [0.5, 0.6) is 5.75 Å². The predicted octanol–water partition coefficient (Wildman–Crippen LogP) is 3.63. The molecule has 0 saturated heterocycles. The van der Waals surface area contributed by atoms with Gasteiger partial charge in [-0.15, -0.1) is 12.4 Å². The molecule has 0 spiro atoms. The third-order valence-electron chi connectivity index (χ3n) is 4.27. The number of amides is 1. The Balaban J connectivity index is 0.00000225. The Morgan fingerprint density at radius 1 is 1.08 bits per heavy atom. The van der Waals surface area contributed by atoms with Crippen LogP contribution >= 0.6 is 12.4 Å². The van der Waals surface area contributed by atoms with Crippen molar-refractivity contribution in [2.24, 2.45) is 0 Å². The van der Waals surface area contributed by atoms with Gasteiger partial charge in [0.1, 0.15) is 11.9 Å². The number of benzene rings is 2. The third kappa shape index (κ3) is 4.87. The number of rotatable bonds is 4. The van der Waals surface area contributed by atoms with Gasteiger partial charge in [-0.25, -0.2) is 0 Å². The number of nitrogen functional groups attached to an aromatic ring is 1. The molecule has 0 bridgehead atoms. The molecule has 1 fully saturated rings. The molecule has 1 aliphatic rings. The number of para-hydroxylation sites is 1. The second-order valence-corrected chi connectivity index (χ2v) is 6.07. The molecule has 2 aromatic carbocycles. The van der Waals surface area contributed by atoms with Gasteiger partial charge in [-0.3, -0.25) is 4.79 Å². The Morgan fingerprint density at radius 2 is 1.76 bits per heavy atom. The van der Waals surface area contributed by atoms with E-state index in [1.165, 1.54) is 0 Å². The summed E-state index contributed by atoms with van der Waals surface area (Å²) in [7, 11) is 0. The molecule has 134 valence electrons. The molecule has 6 heteroatoms. The monoisotopic (exact) mass is 362 g/mol. The number of hydrogen-bond acceptors (Lipinski definition) is 4. The van der Waals surface area contributed by atoms with Crippen LogP contribution in [0.25, 0.3) is 0 Å². The van der Waals surface area contributed by atoms with E-state index in [2.05, 4.69) is 5.32 Å². The quantitative estimate of drug-likeness (QED) is 0.725. The van der Waals surface area contributed by atoms with Gasteiger partial charge in [0, 0.05) is 11.4 Å². The lowest BCUT2D eigenvalue weighted by atomic mass is 9.95. The van der Waals surface area contributed by atoms with Crippen LogP contribution in [0.3, 0.4) is 0 Å². The van der Waals surface area contributed by atoms with Crippen LogP contribution in [0.15, 0.2) is 48.5 Å². The van der Waals surface area contributed by atoms with Gasteiger partial charge < -0.3 is 20.9 Å². The van der Waals surface area contributed by atoms with E-state index >= 15 is 0 Å². The van der Waals surface area contributed by atoms with Crippen LogP contribution in [0.2, 0.25) is 0 Å². The maximum Gasteiger partial charge on any atom is 0.257 e. The minimum absolute atomic E-state index is 0. The molecule has 2 aromatic rings. The van der Waals surface area contributed by atoms with Crippen LogP contribution in [0.4, 0.5) is 11.4 Å². The van der Waals surface area contributed by atoms with E-state index in [0.29, 0.717) is 22.7 Å². The van der Waals surface area contributed by atoms with E-state index in [-0.39, 0.29) is 24.4 Å². The van der Waals surface area contributed by atoms with Crippen LogP contribution in [-0.2, 0) is 0 Å². The highest BCUT2D eigenvalue weighted by molar-refractivity contribution is 6.07. The normalized spacial score (nSPS) is 19.6. The zero-order valence-electron chi connectivity index (χ0n) is 13.9. The van der Waals surface area contributed by atoms with Gasteiger partial charge in [-0.1, -0.05) is 18.6 Å². The molecular formula is C19H23ClN2O3. The lowest BCUT2D eigenvalue weighted by molar-refractivity contribution is 0.00688. The van der Waals surface area contributed by atoms with Crippen molar-refractivity contribution in [1.29, 1.82) is 0 Å². The van der Waals surface area contributed by atoms with Crippen molar-refractivity contribution < 1.29 is 14.6 Å². The predicted molar refractivity (Wildman–Crippen MR) is 101 cm³/mol. The van der Waals surface area contributed by atoms with Gasteiger partial charge in [-0.2, -0.15) is 0 Å². The molecule has 0 radical (unpaired) electrons. The summed E-state index contributed by atoms with van der Waals surface area (Å²) in [4.78, 5) is 12.2. The Kier molecular flexibility index (Phi) is 6.67. The van der Waals surface area contributed by atoms with Crippen LogP contribution < -0.4 is 15.8 Å². The molecule has 2 atom stereocenters. The number of carbonyl (C=O) groups is 1. The van der Waals surface area contributed by atoms with Gasteiger partial charge in [-0.05, 0) is 55.7 Å².